The number of likely N-dealkylation sites (tertiary alicyclic amines) is 1. The van der Waals surface area contributed by atoms with Crippen molar-refractivity contribution in [2.75, 3.05) is 19.7 Å². The molecule has 2 aliphatic heterocycles. The van der Waals surface area contributed by atoms with Gasteiger partial charge >= 0.3 is 6.03 Å². The Labute approximate surface area is 142 Å². The van der Waals surface area contributed by atoms with E-state index in [4.69, 9.17) is 4.74 Å². The van der Waals surface area contributed by atoms with Crippen molar-refractivity contribution in [3.63, 3.8) is 0 Å². The molecule has 1 unspecified atom stereocenters. The third kappa shape index (κ3) is 2.94. The van der Waals surface area contributed by atoms with Crippen molar-refractivity contribution in [2.45, 2.75) is 52.0 Å². The lowest BCUT2D eigenvalue weighted by atomic mass is 9.68. The summed E-state index contributed by atoms with van der Waals surface area (Å²) in [5.74, 6) is -1.02. The van der Waals surface area contributed by atoms with Crippen LogP contribution in [0.4, 0.5) is 13.6 Å². The third-order valence-corrected chi connectivity index (χ3v) is 4.81. The maximum Gasteiger partial charge on any atom is 0.317 e. The molecule has 6 heteroatoms. The van der Waals surface area contributed by atoms with E-state index < -0.39 is 17.0 Å². The fourth-order valence-corrected chi connectivity index (χ4v) is 3.71. The van der Waals surface area contributed by atoms with Crippen LogP contribution in [-0.4, -0.2) is 36.7 Å². The van der Waals surface area contributed by atoms with E-state index in [-0.39, 0.29) is 30.0 Å². The van der Waals surface area contributed by atoms with E-state index >= 15 is 0 Å². The van der Waals surface area contributed by atoms with Gasteiger partial charge in [-0.1, -0.05) is 20.8 Å². The molecule has 1 fully saturated rings. The molecule has 1 saturated heterocycles. The van der Waals surface area contributed by atoms with Gasteiger partial charge in [-0.15, -0.1) is 0 Å². The van der Waals surface area contributed by atoms with Crippen LogP contribution in [0.1, 0.15) is 46.1 Å². The summed E-state index contributed by atoms with van der Waals surface area (Å²) in [6, 6.07) is 1.75. The predicted octanol–water partition coefficient (Wildman–Crippen LogP) is 3.84. The number of hydrogen-bond donors (Lipinski definition) is 1. The monoisotopic (exact) mass is 340 g/mol. The third-order valence-electron chi connectivity index (χ3n) is 4.81. The van der Waals surface area contributed by atoms with Crippen LogP contribution in [-0.2, 0) is 5.41 Å². The summed E-state index contributed by atoms with van der Waals surface area (Å²) in [5, 5.41) is 2.78. The van der Waals surface area contributed by atoms with E-state index in [0.717, 1.165) is 18.6 Å². The van der Waals surface area contributed by atoms with Crippen molar-refractivity contribution in [2.24, 2.45) is 0 Å². The number of urea groups is 1. The van der Waals surface area contributed by atoms with Crippen LogP contribution in [0.3, 0.4) is 0 Å². The molecule has 2 atom stereocenters. The lowest BCUT2D eigenvalue weighted by molar-refractivity contribution is 0.0406. The van der Waals surface area contributed by atoms with Gasteiger partial charge in [-0.05, 0) is 31.9 Å². The molecule has 0 bridgehead atoms. The fourth-order valence-electron chi connectivity index (χ4n) is 3.71. The smallest absolute Gasteiger partial charge is 0.317 e. The van der Waals surface area contributed by atoms with Crippen LogP contribution >= 0.6 is 0 Å². The Morgan fingerprint density at radius 1 is 1.38 bits per heavy atom. The summed E-state index contributed by atoms with van der Waals surface area (Å²) in [7, 11) is 0. The van der Waals surface area contributed by atoms with Crippen LogP contribution in [0.2, 0.25) is 0 Å². The number of rotatable bonds is 1. The van der Waals surface area contributed by atoms with Gasteiger partial charge in [0.05, 0.1) is 6.04 Å². The molecule has 0 aromatic heterocycles. The molecule has 1 aromatic carbocycles. The molecule has 3 rings (SSSR count). The number of ether oxygens (including phenoxy) is 1. The summed E-state index contributed by atoms with van der Waals surface area (Å²) in [6.07, 6.45) is 1.45. The lowest BCUT2D eigenvalue weighted by Crippen LogP contribution is -2.62. The molecule has 134 valence electrons. The first-order valence-corrected chi connectivity index (χ1v) is 8.64. The highest BCUT2D eigenvalue weighted by Crippen LogP contribution is 2.48. The molecular weight excluding hydrogens is 314 g/mol. The van der Waals surface area contributed by atoms with E-state index in [0.29, 0.717) is 19.5 Å². The normalized spacial score (nSPS) is 24.8. The molecule has 24 heavy (non-hydrogen) atoms. The first-order chi connectivity index (χ1) is 11.5. The number of fused-ring (bicyclic) bond motifs is 3. The van der Waals surface area contributed by atoms with Crippen LogP contribution in [0.25, 0.3) is 0 Å². The highest BCUT2D eigenvalue weighted by Gasteiger charge is 2.50. The Morgan fingerprint density at radius 2 is 2.04 bits per heavy atom. The second-order valence-corrected chi connectivity index (χ2v) is 6.11. The number of nitrogens with zero attached hydrogens (tertiary/aromatic N) is 1. The fraction of sp³-hybridized carbons (Fsp3) is 0.611. The minimum absolute atomic E-state index is 0.00324. The molecule has 2 amide bonds. The van der Waals surface area contributed by atoms with Crippen molar-refractivity contribution in [1.82, 2.24) is 10.2 Å². The van der Waals surface area contributed by atoms with Gasteiger partial charge in [-0.2, -0.15) is 0 Å². The lowest BCUT2D eigenvalue weighted by Gasteiger charge is -2.51. The zero-order valence-corrected chi connectivity index (χ0v) is 14.8. The number of carbonyl (C=O) groups excluding carboxylic acids is 1. The topological polar surface area (TPSA) is 41.6 Å². The van der Waals surface area contributed by atoms with Gasteiger partial charge in [-0.25, -0.2) is 13.6 Å². The average Bonchev–Trinajstić information content (AvgIpc) is 2.58. The maximum atomic E-state index is 14.4. The van der Waals surface area contributed by atoms with Gasteiger partial charge < -0.3 is 15.0 Å². The van der Waals surface area contributed by atoms with Crippen LogP contribution in [0.15, 0.2) is 12.1 Å². The van der Waals surface area contributed by atoms with Gasteiger partial charge in [0, 0.05) is 24.1 Å². The zero-order valence-electron chi connectivity index (χ0n) is 14.8. The number of benzene rings is 1. The van der Waals surface area contributed by atoms with Gasteiger partial charge in [0.15, 0.2) is 11.6 Å². The molecule has 4 nitrogen and oxygen atoms in total. The number of carbonyl (C=O) groups is 1. The molecule has 0 spiro atoms. The average molecular weight is 340 g/mol. The van der Waals surface area contributed by atoms with Crippen LogP contribution in [0.5, 0.6) is 5.75 Å². The Kier molecular flexibility index (Phi) is 5.67. The molecular formula is C18H26F2N2O2. The Morgan fingerprint density at radius 3 is 2.71 bits per heavy atom. The summed E-state index contributed by atoms with van der Waals surface area (Å²) >= 11 is 0. The van der Waals surface area contributed by atoms with Crippen molar-refractivity contribution in [1.29, 1.82) is 0 Å². The molecule has 0 saturated carbocycles. The van der Waals surface area contributed by atoms with Crippen molar-refractivity contribution in [3.8, 4) is 5.75 Å². The number of nitrogens with one attached hydrogen (secondary N) is 1. The van der Waals surface area contributed by atoms with E-state index in [1.807, 2.05) is 27.7 Å². The second-order valence-electron chi connectivity index (χ2n) is 6.11. The van der Waals surface area contributed by atoms with E-state index in [9.17, 15) is 13.6 Å². The van der Waals surface area contributed by atoms with E-state index in [1.54, 1.807) is 4.90 Å². The zero-order chi connectivity index (χ0) is 17.9. The van der Waals surface area contributed by atoms with Gasteiger partial charge in [0.2, 0.25) is 0 Å². The molecule has 1 aromatic rings. The largest absolute Gasteiger partial charge is 0.488 e. The predicted molar refractivity (Wildman–Crippen MR) is 89.4 cm³/mol. The van der Waals surface area contributed by atoms with Gasteiger partial charge in [-0.3, -0.25) is 0 Å². The first kappa shape index (κ1) is 18.5. The van der Waals surface area contributed by atoms with Crippen molar-refractivity contribution >= 4 is 6.03 Å². The Bertz CT molecular complexity index is 609. The number of hydrogen-bond acceptors (Lipinski definition) is 2. The number of piperidine rings is 1. The molecule has 2 heterocycles. The standard InChI is InChI=1S/C16H20F2N2O2.C2H6/c1-3-19-15(21)20-8-4-7-16(2)12(20)9-22-14-11(18)6-5-10(17)13(14)16;1-2/h5-6,12H,3-4,7-9H2,1-2H3,(H,19,21);1-2H3/t12?,16-;/m1./s1. The van der Waals surface area contributed by atoms with Crippen molar-refractivity contribution < 1.29 is 18.3 Å². The first-order valence-electron chi connectivity index (χ1n) is 8.64. The van der Waals surface area contributed by atoms with E-state index in [2.05, 4.69) is 5.32 Å². The minimum atomic E-state index is -0.636. The summed E-state index contributed by atoms with van der Waals surface area (Å²) < 4.78 is 33.8. The molecule has 0 aliphatic carbocycles. The molecule has 0 radical (unpaired) electrons. The Hall–Kier alpha value is -1.85. The number of halogens is 2. The Balaban J connectivity index is 0.00000100. The summed E-state index contributed by atoms with van der Waals surface area (Å²) in [4.78, 5) is 13.9. The summed E-state index contributed by atoms with van der Waals surface area (Å²) in [5.41, 5.74) is -0.374. The van der Waals surface area contributed by atoms with Gasteiger partial charge in [0.25, 0.3) is 0 Å². The van der Waals surface area contributed by atoms with Crippen molar-refractivity contribution in [3.05, 3.63) is 29.3 Å². The summed E-state index contributed by atoms with van der Waals surface area (Å²) in [6.45, 7) is 9.05. The quantitative estimate of drug-likeness (QED) is 0.844. The number of amides is 2. The highest BCUT2D eigenvalue weighted by atomic mass is 19.1. The maximum absolute atomic E-state index is 14.4. The van der Waals surface area contributed by atoms with Crippen LogP contribution in [0, 0.1) is 11.6 Å². The molecule has 2 aliphatic rings. The minimum Gasteiger partial charge on any atom is -0.488 e. The highest BCUT2D eigenvalue weighted by molar-refractivity contribution is 5.75. The SMILES string of the molecule is CC.CCNC(=O)N1CCC[C@@]2(C)c3c(F)ccc(F)c3OCC12. The van der Waals surface area contributed by atoms with Crippen LogP contribution < -0.4 is 10.1 Å². The van der Waals surface area contributed by atoms with E-state index in [1.165, 1.54) is 0 Å². The molecule has 1 N–H and O–H groups in total. The second kappa shape index (κ2) is 7.36. The van der Waals surface area contributed by atoms with Gasteiger partial charge in [0.1, 0.15) is 12.4 Å².